The highest BCUT2D eigenvalue weighted by atomic mass is 16.6. The van der Waals surface area contributed by atoms with E-state index >= 15 is 0 Å². The van der Waals surface area contributed by atoms with E-state index in [-0.39, 0.29) is 18.5 Å². The van der Waals surface area contributed by atoms with E-state index in [1.807, 2.05) is 26.8 Å². The summed E-state index contributed by atoms with van der Waals surface area (Å²) in [5.41, 5.74) is 2.88. The van der Waals surface area contributed by atoms with Gasteiger partial charge in [-0.1, -0.05) is 6.07 Å². The van der Waals surface area contributed by atoms with Gasteiger partial charge in [-0.3, -0.25) is 4.79 Å². The van der Waals surface area contributed by atoms with Crippen LogP contribution in [0.3, 0.4) is 0 Å². The maximum atomic E-state index is 12.3. The Morgan fingerprint density at radius 1 is 1.13 bits per heavy atom. The van der Waals surface area contributed by atoms with Gasteiger partial charge >= 0.3 is 6.09 Å². The molecule has 0 spiro atoms. The van der Waals surface area contributed by atoms with Crippen LogP contribution in [0.2, 0.25) is 0 Å². The first kappa shape index (κ1) is 15.8. The highest BCUT2D eigenvalue weighted by Gasteiger charge is 2.26. The van der Waals surface area contributed by atoms with Crippen molar-refractivity contribution in [3.05, 3.63) is 28.8 Å². The molecule has 5 nitrogen and oxygen atoms in total. The molecular weight excluding hydrogens is 294 g/mol. The summed E-state index contributed by atoms with van der Waals surface area (Å²) in [6, 6.07) is 4.11. The minimum absolute atomic E-state index is 0.112. The molecule has 1 aromatic rings. The van der Waals surface area contributed by atoms with Crippen molar-refractivity contribution in [2.45, 2.75) is 45.6 Å². The highest BCUT2D eigenvalue weighted by molar-refractivity contribution is 5.84. The van der Waals surface area contributed by atoms with Crippen molar-refractivity contribution < 1.29 is 19.1 Å². The fourth-order valence-corrected chi connectivity index (χ4v) is 3.01. The van der Waals surface area contributed by atoms with Crippen molar-refractivity contribution in [3.63, 3.8) is 0 Å². The molecule has 124 valence electrons. The molecule has 0 atom stereocenters. The zero-order valence-corrected chi connectivity index (χ0v) is 14.0. The quantitative estimate of drug-likeness (QED) is 0.738. The maximum absolute atomic E-state index is 12.3. The smallest absolute Gasteiger partial charge is 0.410 e. The van der Waals surface area contributed by atoms with Crippen LogP contribution >= 0.6 is 0 Å². The first-order valence-corrected chi connectivity index (χ1v) is 8.09. The number of benzene rings is 1. The van der Waals surface area contributed by atoms with E-state index in [1.165, 1.54) is 11.1 Å². The van der Waals surface area contributed by atoms with E-state index in [0.717, 1.165) is 24.2 Å². The van der Waals surface area contributed by atoms with Crippen LogP contribution < -0.4 is 4.74 Å². The predicted molar refractivity (Wildman–Crippen MR) is 85.9 cm³/mol. The Balaban J connectivity index is 1.75. The van der Waals surface area contributed by atoms with Crippen molar-refractivity contribution >= 4 is 11.9 Å². The number of carbonyl (C=O) groups is 2. The van der Waals surface area contributed by atoms with Gasteiger partial charge in [0.1, 0.15) is 18.0 Å². The van der Waals surface area contributed by atoms with Crippen LogP contribution in [0.15, 0.2) is 12.1 Å². The van der Waals surface area contributed by atoms with Gasteiger partial charge in [0.2, 0.25) is 0 Å². The number of carbonyl (C=O) groups excluding carboxylic acids is 2. The Morgan fingerprint density at radius 3 is 2.43 bits per heavy atom. The summed E-state index contributed by atoms with van der Waals surface area (Å²) < 4.78 is 11.0. The lowest BCUT2D eigenvalue weighted by Gasteiger charge is -2.26. The summed E-state index contributed by atoms with van der Waals surface area (Å²) >= 11 is 0. The summed E-state index contributed by atoms with van der Waals surface area (Å²) in [4.78, 5) is 25.6. The Bertz CT molecular complexity index is 645. The average molecular weight is 317 g/mol. The van der Waals surface area contributed by atoms with Gasteiger partial charge in [0, 0.05) is 25.1 Å². The summed E-state index contributed by atoms with van der Waals surface area (Å²) in [7, 11) is 0. The molecule has 0 aliphatic carbocycles. The number of hydrogen-bond acceptors (Lipinski definition) is 4. The minimum Gasteiger partial charge on any atom is -0.486 e. The molecule has 0 fully saturated rings. The van der Waals surface area contributed by atoms with Crippen LogP contribution in [0.5, 0.6) is 5.75 Å². The van der Waals surface area contributed by atoms with Gasteiger partial charge in [0.05, 0.1) is 0 Å². The SMILES string of the molecule is CC(C)(C)OC(=O)N1CCc2cc3c(cc2CC1)OCC(=O)C3. The van der Waals surface area contributed by atoms with E-state index in [4.69, 9.17) is 9.47 Å². The van der Waals surface area contributed by atoms with Crippen LogP contribution in [0.25, 0.3) is 0 Å². The van der Waals surface area contributed by atoms with E-state index in [9.17, 15) is 9.59 Å². The zero-order chi connectivity index (χ0) is 16.6. The molecule has 2 heterocycles. The van der Waals surface area contributed by atoms with Crippen LogP contribution in [-0.4, -0.2) is 42.1 Å². The Morgan fingerprint density at radius 2 is 1.78 bits per heavy atom. The van der Waals surface area contributed by atoms with E-state index < -0.39 is 5.60 Å². The summed E-state index contributed by atoms with van der Waals surface area (Å²) in [6.07, 6.45) is 1.73. The third kappa shape index (κ3) is 3.66. The molecule has 0 saturated heterocycles. The second-order valence-electron chi connectivity index (χ2n) is 7.20. The normalized spacial score (nSPS) is 17.7. The lowest BCUT2D eigenvalue weighted by atomic mass is 9.96. The summed E-state index contributed by atoms with van der Waals surface area (Å²) in [5.74, 6) is 0.926. The van der Waals surface area contributed by atoms with Gasteiger partial charge in [-0.05, 0) is 50.8 Å². The standard InChI is InChI=1S/C18H23NO4/c1-18(2,3)23-17(21)19-6-4-12-8-14-9-15(20)11-22-16(14)10-13(12)5-7-19/h8,10H,4-7,9,11H2,1-3H3. The third-order valence-electron chi connectivity index (χ3n) is 4.11. The molecule has 5 heteroatoms. The molecule has 1 amide bonds. The lowest BCUT2D eigenvalue weighted by molar-refractivity contribution is -0.121. The number of ether oxygens (including phenoxy) is 2. The van der Waals surface area contributed by atoms with Crippen LogP contribution in [0.1, 0.15) is 37.5 Å². The summed E-state index contributed by atoms with van der Waals surface area (Å²) in [6.45, 7) is 7.06. The van der Waals surface area contributed by atoms with Gasteiger partial charge in [-0.15, -0.1) is 0 Å². The van der Waals surface area contributed by atoms with Crippen molar-refractivity contribution in [1.29, 1.82) is 0 Å². The first-order valence-electron chi connectivity index (χ1n) is 8.09. The number of hydrogen-bond donors (Lipinski definition) is 0. The molecule has 0 aromatic heterocycles. The number of Topliss-reactive ketones (excluding diaryl/α,β-unsaturated/α-hetero) is 1. The number of nitrogens with zero attached hydrogens (tertiary/aromatic N) is 1. The molecule has 2 aliphatic rings. The fraction of sp³-hybridized carbons (Fsp3) is 0.556. The molecule has 0 N–H and O–H groups in total. The number of fused-ring (bicyclic) bond motifs is 2. The number of amides is 1. The lowest BCUT2D eigenvalue weighted by Crippen LogP contribution is -2.38. The van der Waals surface area contributed by atoms with Gasteiger partial charge in [0.15, 0.2) is 5.78 Å². The second kappa shape index (κ2) is 5.87. The molecule has 0 radical (unpaired) electrons. The molecule has 23 heavy (non-hydrogen) atoms. The van der Waals surface area contributed by atoms with E-state index in [1.54, 1.807) is 4.90 Å². The molecule has 0 unspecified atom stereocenters. The first-order chi connectivity index (χ1) is 10.8. The van der Waals surface area contributed by atoms with Gasteiger partial charge in [0.25, 0.3) is 0 Å². The minimum atomic E-state index is -0.483. The van der Waals surface area contributed by atoms with E-state index in [0.29, 0.717) is 19.5 Å². The molecule has 0 bridgehead atoms. The molecule has 1 aromatic carbocycles. The summed E-state index contributed by atoms with van der Waals surface area (Å²) in [5, 5.41) is 0. The predicted octanol–water partition coefficient (Wildman–Crippen LogP) is 2.53. The topological polar surface area (TPSA) is 55.8 Å². The number of rotatable bonds is 0. The largest absolute Gasteiger partial charge is 0.486 e. The van der Waals surface area contributed by atoms with Crippen LogP contribution in [0, 0.1) is 0 Å². The van der Waals surface area contributed by atoms with Crippen LogP contribution in [0.4, 0.5) is 4.79 Å². The Kier molecular flexibility index (Phi) is 4.04. The van der Waals surface area contributed by atoms with Gasteiger partial charge < -0.3 is 14.4 Å². The van der Waals surface area contributed by atoms with Crippen LogP contribution in [-0.2, 0) is 28.8 Å². The fourth-order valence-electron chi connectivity index (χ4n) is 3.01. The Hall–Kier alpha value is -2.04. The molecule has 3 rings (SSSR count). The number of ketones is 1. The molecular formula is C18H23NO4. The van der Waals surface area contributed by atoms with Crippen molar-refractivity contribution in [3.8, 4) is 5.75 Å². The van der Waals surface area contributed by atoms with Crippen molar-refractivity contribution in [1.82, 2.24) is 4.90 Å². The molecule has 2 aliphatic heterocycles. The van der Waals surface area contributed by atoms with E-state index in [2.05, 4.69) is 6.07 Å². The third-order valence-corrected chi connectivity index (χ3v) is 4.11. The zero-order valence-electron chi connectivity index (χ0n) is 14.0. The average Bonchev–Trinajstić information content (AvgIpc) is 2.65. The Labute approximate surface area is 136 Å². The van der Waals surface area contributed by atoms with Gasteiger partial charge in [-0.25, -0.2) is 4.79 Å². The molecule has 0 saturated carbocycles. The van der Waals surface area contributed by atoms with Gasteiger partial charge in [-0.2, -0.15) is 0 Å². The monoisotopic (exact) mass is 317 g/mol. The second-order valence-corrected chi connectivity index (χ2v) is 7.20. The highest BCUT2D eigenvalue weighted by Crippen LogP contribution is 2.29. The van der Waals surface area contributed by atoms with Crippen molar-refractivity contribution in [2.24, 2.45) is 0 Å². The van der Waals surface area contributed by atoms with Crippen molar-refractivity contribution in [2.75, 3.05) is 19.7 Å². The maximum Gasteiger partial charge on any atom is 0.410 e.